The van der Waals surface area contributed by atoms with E-state index < -0.39 is 5.97 Å². The van der Waals surface area contributed by atoms with Crippen molar-refractivity contribution in [3.63, 3.8) is 0 Å². The van der Waals surface area contributed by atoms with Gasteiger partial charge in [0.15, 0.2) is 0 Å². The van der Waals surface area contributed by atoms with Crippen molar-refractivity contribution in [3.05, 3.63) is 42.0 Å². The highest BCUT2D eigenvalue weighted by Gasteiger charge is 2.13. The first-order chi connectivity index (χ1) is 7.20. The van der Waals surface area contributed by atoms with Crippen molar-refractivity contribution in [2.75, 3.05) is 0 Å². The molecule has 0 fully saturated rings. The van der Waals surface area contributed by atoms with Gasteiger partial charge in [0.1, 0.15) is 12.7 Å². The third-order valence-electron chi connectivity index (χ3n) is 2.16. The van der Waals surface area contributed by atoms with Crippen molar-refractivity contribution >= 4 is 5.97 Å². The number of nitrogens with zero attached hydrogens (tertiary/aromatic N) is 3. The van der Waals surface area contributed by atoms with Crippen molar-refractivity contribution in [1.82, 2.24) is 14.8 Å². The van der Waals surface area contributed by atoms with E-state index in [2.05, 4.69) is 10.2 Å². The Labute approximate surface area is 86.0 Å². The molecular weight excluding hydrogens is 194 g/mol. The Hall–Kier alpha value is -2.17. The summed E-state index contributed by atoms with van der Waals surface area (Å²) < 4.78 is 1.58. The Morgan fingerprint density at radius 1 is 1.33 bits per heavy atom. The highest BCUT2D eigenvalue weighted by atomic mass is 16.4. The summed E-state index contributed by atoms with van der Waals surface area (Å²) in [6.45, 7) is 1.76. The average molecular weight is 203 g/mol. The number of aromatic nitrogens is 3. The van der Waals surface area contributed by atoms with Crippen LogP contribution in [0.15, 0.2) is 30.9 Å². The average Bonchev–Trinajstić information content (AvgIpc) is 2.69. The lowest BCUT2D eigenvalue weighted by atomic mass is 10.1. The molecular formula is C10H9N3O2. The molecule has 2 aromatic rings. The highest BCUT2D eigenvalue weighted by Crippen LogP contribution is 2.17. The summed E-state index contributed by atoms with van der Waals surface area (Å²) in [6, 6.07) is 5.29. The summed E-state index contributed by atoms with van der Waals surface area (Å²) in [5, 5.41) is 16.4. The van der Waals surface area contributed by atoms with Gasteiger partial charge in [-0.05, 0) is 18.6 Å². The molecule has 0 unspecified atom stereocenters. The predicted octanol–water partition coefficient (Wildman–Crippen LogP) is 1.27. The quantitative estimate of drug-likeness (QED) is 0.798. The topological polar surface area (TPSA) is 68.0 Å². The van der Waals surface area contributed by atoms with E-state index in [4.69, 9.17) is 5.11 Å². The number of carbonyl (C=O) groups is 1. The van der Waals surface area contributed by atoms with Crippen LogP contribution in [-0.4, -0.2) is 25.8 Å². The number of hydrogen-bond acceptors (Lipinski definition) is 3. The highest BCUT2D eigenvalue weighted by molar-refractivity contribution is 5.93. The van der Waals surface area contributed by atoms with Gasteiger partial charge in [-0.2, -0.15) is 0 Å². The van der Waals surface area contributed by atoms with Crippen LogP contribution in [0.2, 0.25) is 0 Å². The van der Waals surface area contributed by atoms with E-state index >= 15 is 0 Å². The summed E-state index contributed by atoms with van der Waals surface area (Å²) in [5.74, 6) is -0.947. The minimum Gasteiger partial charge on any atom is -0.478 e. The fourth-order valence-corrected chi connectivity index (χ4v) is 1.47. The van der Waals surface area contributed by atoms with Crippen molar-refractivity contribution in [3.8, 4) is 5.69 Å². The molecule has 5 nitrogen and oxygen atoms in total. The lowest BCUT2D eigenvalue weighted by Gasteiger charge is -2.08. The zero-order valence-corrected chi connectivity index (χ0v) is 8.08. The molecule has 0 saturated heterocycles. The Morgan fingerprint density at radius 3 is 2.60 bits per heavy atom. The summed E-state index contributed by atoms with van der Waals surface area (Å²) in [6.07, 6.45) is 2.95. The number of carboxylic acids is 1. The van der Waals surface area contributed by atoms with E-state index in [0.717, 1.165) is 0 Å². The van der Waals surface area contributed by atoms with Gasteiger partial charge in [0.2, 0.25) is 0 Å². The lowest BCUT2D eigenvalue weighted by Crippen LogP contribution is -2.06. The van der Waals surface area contributed by atoms with Crippen LogP contribution in [0.5, 0.6) is 0 Å². The summed E-state index contributed by atoms with van der Waals surface area (Å²) in [4.78, 5) is 11.1. The molecule has 0 aliphatic carbocycles. The van der Waals surface area contributed by atoms with Gasteiger partial charge in [-0.25, -0.2) is 4.79 Å². The Kier molecular flexibility index (Phi) is 2.21. The van der Waals surface area contributed by atoms with Gasteiger partial charge in [0, 0.05) is 0 Å². The van der Waals surface area contributed by atoms with E-state index in [1.807, 2.05) is 0 Å². The van der Waals surface area contributed by atoms with E-state index in [9.17, 15) is 4.79 Å². The van der Waals surface area contributed by atoms with Crippen LogP contribution in [0.3, 0.4) is 0 Å². The number of aromatic carboxylic acids is 1. The number of carboxylic acid groups (broad SMARTS) is 1. The molecule has 2 rings (SSSR count). The van der Waals surface area contributed by atoms with Crippen LogP contribution in [-0.2, 0) is 0 Å². The molecule has 0 atom stereocenters. The van der Waals surface area contributed by atoms with Crippen LogP contribution in [0, 0.1) is 6.92 Å². The van der Waals surface area contributed by atoms with Gasteiger partial charge in [-0.15, -0.1) is 10.2 Å². The molecule has 1 aromatic heterocycles. The first-order valence-corrected chi connectivity index (χ1v) is 4.38. The van der Waals surface area contributed by atoms with Crippen molar-refractivity contribution in [1.29, 1.82) is 0 Å². The van der Waals surface area contributed by atoms with Crippen LogP contribution < -0.4 is 0 Å². The fourth-order valence-electron chi connectivity index (χ4n) is 1.47. The molecule has 1 N–H and O–H groups in total. The second-order valence-corrected chi connectivity index (χ2v) is 3.14. The van der Waals surface area contributed by atoms with Crippen LogP contribution in [0.1, 0.15) is 15.9 Å². The largest absolute Gasteiger partial charge is 0.478 e. The van der Waals surface area contributed by atoms with Crippen LogP contribution >= 0.6 is 0 Å². The second-order valence-electron chi connectivity index (χ2n) is 3.14. The third kappa shape index (κ3) is 1.59. The van der Waals surface area contributed by atoms with Crippen LogP contribution in [0.4, 0.5) is 0 Å². The van der Waals surface area contributed by atoms with Gasteiger partial charge in [-0.3, -0.25) is 4.57 Å². The van der Waals surface area contributed by atoms with Gasteiger partial charge in [-0.1, -0.05) is 12.1 Å². The van der Waals surface area contributed by atoms with E-state index in [1.165, 1.54) is 12.7 Å². The molecule has 5 heteroatoms. The second kappa shape index (κ2) is 3.53. The van der Waals surface area contributed by atoms with Gasteiger partial charge in [0.05, 0.1) is 11.3 Å². The zero-order valence-electron chi connectivity index (χ0n) is 8.08. The molecule has 0 radical (unpaired) electrons. The van der Waals surface area contributed by atoms with E-state index in [1.54, 1.807) is 29.7 Å². The van der Waals surface area contributed by atoms with Gasteiger partial charge >= 0.3 is 5.97 Å². The Bertz CT molecular complexity index is 491. The maximum Gasteiger partial charge on any atom is 0.338 e. The van der Waals surface area contributed by atoms with Gasteiger partial charge < -0.3 is 5.11 Å². The maximum atomic E-state index is 11.1. The molecule has 0 amide bonds. The van der Waals surface area contributed by atoms with Gasteiger partial charge in [0.25, 0.3) is 0 Å². The Morgan fingerprint density at radius 2 is 2.00 bits per heavy atom. The number of hydrogen-bond donors (Lipinski definition) is 1. The lowest BCUT2D eigenvalue weighted by molar-refractivity contribution is 0.0696. The predicted molar refractivity (Wildman–Crippen MR) is 53.1 cm³/mol. The first kappa shape index (κ1) is 9.39. The number of benzene rings is 1. The molecule has 1 aromatic carbocycles. The van der Waals surface area contributed by atoms with Crippen molar-refractivity contribution in [2.45, 2.75) is 6.92 Å². The van der Waals surface area contributed by atoms with E-state index in [-0.39, 0.29) is 5.56 Å². The molecule has 0 spiro atoms. The molecule has 0 saturated carbocycles. The molecule has 76 valence electrons. The third-order valence-corrected chi connectivity index (χ3v) is 2.16. The maximum absolute atomic E-state index is 11.1. The molecule has 15 heavy (non-hydrogen) atoms. The summed E-state index contributed by atoms with van der Waals surface area (Å²) in [7, 11) is 0. The summed E-state index contributed by atoms with van der Waals surface area (Å²) >= 11 is 0. The van der Waals surface area contributed by atoms with Crippen molar-refractivity contribution < 1.29 is 9.90 Å². The molecule has 0 bridgehead atoms. The Balaban J connectivity index is 2.66. The number of rotatable bonds is 2. The van der Waals surface area contributed by atoms with Crippen molar-refractivity contribution in [2.24, 2.45) is 0 Å². The fraction of sp³-hybridized carbons (Fsp3) is 0.100. The summed E-state index contributed by atoms with van der Waals surface area (Å²) in [5.41, 5.74) is 1.57. The minimum absolute atomic E-state index is 0.275. The molecule has 0 aliphatic heterocycles. The smallest absolute Gasteiger partial charge is 0.338 e. The monoisotopic (exact) mass is 203 g/mol. The standard InChI is InChI=1S/C10H9N3O2/c1-7-3-2-4-8(9(7)10(14)15)13-5-11-12-6-13/h2-6H,1H3,(H,14,15). The molecule has 1 heterocycles. The SMILES string of the molecule is Cc1cccc(-n2cnnc2)c1C(=O)O. The molecule has 0 aliphatic rings. The zero-order chi connectivity index (χ0) is 10.8. The van der Waals surface area contributed by atoms with Crippen LogP contribution in [0.25, 0.3) is 5.69 Å². The van der Waals surface area contributed by atoms with E-state index in [0.29, 0.717) is 11.3 Å². The minimum atomic E-state index is -0.947. The first-order valence-electron chi connectivity index (χ1n) is 4.38. The number of aryl methyl sites for hydroxylation is 1. The normalized spacial score (nSPS) is 10.2.